The summed E-state index contributed by atoms with van der Waals surface area (Å²) in [4.78, 5) is 2.28. The van der Waals surface area contributed by atoms with Gasteiger partial charge in [-0.15, -0.1) is 10.2 Å². The van der Waals surface area contributed by atoms with E-state index in [2.05, 4.69) is 94.3 Å². The van der Waals surface area contributed by atoms with E-state index in [0.29, 0.717) is 12.6 Å². The van der Waals surface area contributed by atoms with E-state index in [0.717, 1.165) is 63.3 Å². The maximum atomic E-state index is 6.39. The van der Waals surface area contributed by atoms with E-state index in [4.69, 9.17) is 19.7 Å². The predicted octanol–water partition coefficient (Wildman–Crippen LogP) is 6.94. The molecule has 39 heavy (non-hydrogen) atoms. The van der Waals surface area contributed by atoms with Crippen molar-refractivity contribution in [3.63, 3.8) is 0 Å². The largest absolute Gasteiger partial charge is 0.497 e. The zero-order chi connectivity index (χ0) is 27.8. The minimum absolute atomic E-state index is 0.0602. The lowest BCUT2D eigenvalue weighted by Gasteiger charge is -2.49. The Bertz CT molecular complexity index is 1430. The van der Waals surface area contributed by atoms with Gasteiger partial charge in [0.1, 0.15) is 18.1 Å². The van der Waals surface area contributed by atoms with Crippen molar-refractivity contribution in [2.24, 2.45) is 0 Å². The highest BCUT2D eigenvalue weighted by Gasteiger charge is 2.39. The summed E-state index contributed by atoms with van der Waals surface area (Å²) in [6, 6.07) is 23.1. The van der Waals surface area contributed by atoms with Crippen LogP contribution in [0.3, 0.4) is 0 Å². The number of aromatic nitrogens is 2. The zero-order valence-corrected chi connectivity index (χ0v) is 24.2. The van der Waals surface area contributed by atoms with Crippen molar-refractivity contribution in [2.45, 2.75) is 71.2 Å². The zero-order valence-electron chi connectivity index (χ0n) is 24.2. The molecular formula is C33H40N4O2. The van der Waals surface area contributed by atoms with Gasteiger partial charge in [0, 0.05) is 29.7 Å². The number of benzene rings is 3. The van der Waals surface area contributed by atoms with E-state index >= 15 is 0 Å². The van der Waals surface area contributed by atoms with Crippen molar-refractivity contribution < 1.29 is 9.47 Å². The van der Waals surface area contributed by atoms with Gasteiger partial charge in [-0.1, -0.05) is 30.3 Å². The van der Waals surface area contributed by atoms with Gasteiger partial charge >= 0.3 is 0 Å². The van der Waals surface area contributed by atoms with Crippen LogP contribution in [0.4, 0.5) is 5.82 Å². The Labute approximate surface area is 232 Å². The first-order valence-electron chi connectivity index (χ1n) is 13.7. The van der Waals surface area contributed by atoms with Gasteiger partial charge < -0.3 is 19.7 Å². The first kappa shape index (κ1) is 26.9. The summed E-state index contributed by atoms with van der Waals surface area (Å²) in [5, 5.41) is 15.4. The second-order valence-electron chi connectivity index (χ2n) is 12.1. The Morgan fingerprint density at radius 2 is 1.64 bits per heavy atom. The van der Waals surface area contributed by atoms with E-state index in [9.17, 15) is 0 Å². The maximum absolute atomic E-state index is 6.39. The molecule has 4 aromatic rings. The van der Waals surface area contributed by atoms with Crippen LogP contribution in [0.1, 0.15) is 51.7 Å². The number of nitrogens with one attached hydrogen (secondary N) is 1. The van der Waals surface area contributed by atoms with Crippen LogP contribution < -0.4 is 19.7 Å². The molecule has 0 spiro atoms. The molecule has 0 atom stereocenters. The molecule has 0 aliphatic carbocycles. The molecule has 1 N–H and O–H groups in total. The Hall–Kier alpha value is -3.64. The van der Waals surface area contributed by atoms with Gasteiger partial charge in [0.15, 0.2) is 5.82 Å². The quantitative estimate of drug-likeness (QED) is 0.283. The van der Waals surface area contributed by atoms with Crippen LogP contribution in [0.2, 0.25) is 0 Å². The maximum Gasteiger partial charge on any atom is 0.151 e. The van der Waals surface area contributed by atoms with Gasteiger partial charge in [-0.2, -0.15) is 0 Å². The van der Waals surface area contributed by atoms with Gasteiger partial charge in [-0.05, 0) is 106 Å². The smallest absolute Gasteiger partial charge is 0.151 e. The van der Waals surface area contributed by atoms with Crippen molar-refractivity contribution in [2.75, 3.05) is 19.1 Å². The molecule has 1 saturated heterocycles. The number of hydrogen-bond donors (Lipinski definition) is 1. The second-order valence-corrected chi connectivity index (χ2v) is 12.1. The highest BCUT2D eigenvalue weighted by molar-refractivity contribution is 5.93. The van der Waals surface area contributed by atoms with Crippen LogP contribution in [0.25, 0.3) is 22.0 Å². The summed E-state index contributed by atoms with van der Waals surface area (Å²) >= 11 is 0. The molecule has 6 heteroatoms. The molecule has 2 heterocycles. The average molecular weight is 525 g/mol. The second kappa shape index (κ2) is 10.5. The SMILES string of the molecule is COc1cc(C)c2cc(-c3ccc(N(C)C4CC(C)(C)NC(C)(C)C4)nn3)c(OCc3ccccc3)cc2c1. The molecule has 5 rings (SSSR count). The predicted molar refractivity (Wildman–Crippen MR) is 160 cm³/mol. The van der Waals surface area contributed by atoms with Crippen LogP contribution in [0.5, 0.6) is 11.5 Å². The summed E-state index contributed by atoms with van der Waals surface area (Å²) in [6.07, 6.45) is 2.09. The van der Waals surface area contributed by atoms with Crippen molar-refractivity contribution in [3.8, 4) is 22.8 Å². The van der Waals surface area contributed by atoms with Crippen LogP contribution >= 0.6 is 0 Å². The highest BCUT2D eigenvalue weighted by atomic mass is 16.5. The molecular weight excluding hydrogens is 484 g/mol. The summed E-state index contributed by atoms with van der Waals surface area (Å²) in [7, 11) is 3.83. The number of fused-ring (bicyclic) bond motifs is 1. The van der Waals surface area contributed by atoms with Gasteiger partial charge in [0.2, 0.25) is 0 Å². The average Bonchev–Trinajstić information content (AvgIpc) is 2.90. The van der Waals surface area contributed by atoms with E-state index in [1.54, 1.807) is 7.11 Å². The summed E-state index contributed by atoms with van der Waals surface area (Å²) in [5.74, 6) is 2.49. The molecule has 3 aromatic carbocycles. The molecule has 0 radical (unpaired) electrons. The fraction of sp³-hybridized carbons (Fsp3) is 0.394. The molecule has 1 fully saturated rings. The third-order valence-electron chi connectivity index (χ3n) is 7.71. The lowest BCUT2D eigenvalue weighted by atomic mass is 9.79. The Kier molecular flexibility index (Phi) is 7.25. The third-order valence-corrected chi connectivity index (χ3v) is 7.71. The normalized spacial score (nSPS) is 16.7. The Morgan fingerprint density at radius 1 is 0.923 bits per heavy atom. The minimum Gasteiger partial charge on any atom is -0.497 e. The van der Waals surface area contributed by atoms with Crippen LogP contribution in [0.15, 0.2) is 66.7 Å². The van der Waals surface area contributed by atoms with Crippen molar-refractivity contribution in [1.82, 2.24) is 15.5 Å². The summed E-state index contributed by atoms with van der Waals surface area (Å²) in [6.45, 7) is 11.7. The van der Waals surface area contributed by atoms with E-state index < -0.39 is 0 Å². The fourth-order valence-electron chi connectivity index (χ4n) is 6.10. The first-order chi connectivity index (χ1) is 18.5. The standard InChI is InChI=1S/C33H40N4O2/c1-22-15-26(38-7)16-24-17-30(39-21-23-11-9-8-10-12-23)28(18-27(22)24)29-13-14-31(35-34-29)37(6)25-19-32(2,3)36-33(4,5)20-25/h8-18,25,36H,19-21H2,1-7H3. The lowest BCUT2D eigenvalue weighted by Crippen LogP contribution is -2.62. The number of aryl methyl sites for hydroxylation is 1. The first-order valence-corrected chi connectivity index (χ1v) is 13.7. The molecule has 1 aliphatic heterocycles. The van der Waals surface area contributed by atoms with E-state index in [1.165, 1.54) is 0 Å². The number of anilines is 1. The van der Waals surface area contributed by atoms with E-state index in [-0.39, 0.29) is 11.1 Å². The van der Waals surface area contributed by atoms with Crippen LogP contribution in [-0.4, -0.2) is 41.5 Å². The number of rotatable bonds is 7. The third kappa shape index (κ3) is 6.01. The van der Waals surface area contributed by atoms with Gasteiger partial charge in [0.05, 0.1) is 12.8 Å². The van der Waals surface area contributed by atoms with Crippen molar-refractivity contribution in [1.29, 1.82) is 0 Å². The van der Waals surface area contributed by atoms with Crippen LogP contribution in [-0.2, 0) is 6.61 Å². The lowest BCUT2D eigenvalue weighted by molar-refractivity contribution is 0.160. The number of methoxy groups -OCH3 is 1. The molecule has 0 unspecified atom stereocenters. The number of ether oxygens (including phenoxy) is 2. The minimum atomic E-state index is 0.0602. The summed E-state index contributed by atoms with van der Waals surface area (Å²) in [5.41, 5.74) is 4.09. The monoisotopic (exact) mass is 524 g/mol. The van der Waals surface area contributed by atoms with Crippen LogP contribution in [0, 0.1) is 6.92 Å². The van der Waals surface area contributed by atoms with Gasteiger partial charge in [-0.3, -0.25) is 0 Å². The summed E-state index contributed by atoms with van der Waals surface area (Å²) < 4.78 is 11.9. The van der Waals surface area contributed by atoms with Gasteiger partial charge in [0.25, 0.3) is 0 Å². The number of piperidine rings is 1. The molecule has 1 aliphatic rings. The molecule has 0 saturated carbocycles. The molecule has 1 aromatic heterocycles. The van der Waals surface area contributed by atoms with Crippen molar-refractivity contribution >= 4 is 16.6 Å². The highest BCUT2D eigenvalue weighted by Crippen LogP contribution is 2.38. The van der Waals surface area contributed by atoms with Gasteiger partial charge in [-0.25, -0.2) is 0 Å². The Balaban J connectivity index is 1.48. The van der Waals surface area contributed by atoms with E-state index in [1.807, 2.05) is 24.3 Å². The molecule has 0 amide bonds. The topological polar surface area (TPSA) is 59.5 Å². The molecule has 0 bridgehead atoms. The van der Waals surface area contributed by atoms with Crippen molar-refractivity contribution in [3.05, 3.63) is 77.9 Å². The number of nitrogens with zero attached hydrogens (tertiary/aromatic N) is 3. The molecule has 6 nitrogen and oxygen atoms in total. The Morgan fingerprint density at radius 3 is 2.28 bits per heavy atom. The molecule has 204 valence electrons. The number of hydrogen-bond acceptors (Lipinski definition) is 6. The fourth-order valence-corrected chi connectivity index (χ4v) is 6.10.